The molecule has 2 aromatic rings. The second-order valence-electron chi connectivity index (χ2n) is 7.51. The van der Waals surface area contributed by atoms with Crippen LogP contribution in [-0.2, 0) is 11.2 Å². The summed E-state index contributed by atoms with van der Waals surface area (Å²) in [5, 5.41) is 3.05. The van der Waals surface area contributed by atoms with Crippen LogP contribution in [0, 0.1) is 11.6 Å². The molecule has 0 spiro atoms. The number of aromatic amines is 1. The number of esters is 1. The Morgan fingerprint density at radius 3 is 2.75 bits per heavy atom. The van der Waals surface area contributed by atoms with Crippen molar-refractivity contribution in [1.29, 1.82) is 0 Å². The van der Waals surface area contributed by atoms with Crippen molar-refractivity contribution in [3.8, 4) is 0 Å². The lowest BCUT2D eigenvalue weighted by Crippen LogP contribution is -2.49. The summed E-state index contributed by atoms with van der Waals surface area (Å²) < 4.78 is 35.4. The van der Waals surface area contributed by atoms with Gasteiger partial charge in [0.05, 0.1) is 10.9 Å². The average Bonchev–Trinajstić information content (AvgIpc) is 3.46. The van der Waals surface area contributed by atoms with Gasteiger partial charge in [-0.05, 0) is 32.3 Å². The highest BCUT2D eigenvalue weighted by Gasteiger charge is 2.31. The van der Waals surface area contributed by atoms with Gasteiger partial charge in [0.2, 0.25) is 5.43 Å². The lowest BCUT2D eigenvalue weighted by molar-refractivity contribution is 0.0469. The minimum atomic E-state index is -0.810. The number of carbonyl (C=O) groups is 1. The molecule has 1 saturated heterocycles. The zero-order valence-corrected chi connectivity index (χ0v) is 15.9. The third kappa shape index (κ3) is 3.26. The van der Waals surface area contributed by atoms with Gasteiger partial charge in [0, 0.05) is 31.4 Å². The fourth-order valence-corrected chi connectivity index (χ4v) is 3.70. The Balaban J connectivity index is 1.86. The molecule has 150 valence electrons. The van der Waals surface area contributed by atoms with Crippen LogP contribution in [0.5, 0.6) is 0 Å². The maximum absolute atomic E-state index is 15.3. The Bertz CT molecular complexity index is 1000. The molecule has 1 aromatic heterocycles. The first-order chi connectivity index (χ1) is 13.4. The Kier molecular flexibility index (Phi) is 4.82. The molecule has 2 heterocycles. The van der Waals surface area contributed by atoms with Crippen LogP contribution in [-0.4, -0.2) is 42.7 Å². The van der Waals surface area contributed by atoms with Crippen molar-refractivity contribution in [1.82, 2.24) is 10.3 Å². The van der Waals surface area contributed by atoms with Gasteiger partial charge in [0.25, 0.3) is 0 Å². The number of pyridine rings is 1. The smallest absolute Gasteiger partial charge is 0.344 e. The standard InChI is InChI=1S/C20H23F2N3O3/c1-3-14-15(20(27)28-11-4-5-11)19(26)12-8-13(21)18(16(22)17(12)24-14)25-7-6-23-10(2)9-25/h8,10-11,23H,3-7,9H2,1-2H3,(H,24,26)/t10-/m1/s1. The lowest BCUT2D eigenvalue weighted by Gasteiger charge is -2.34. The van der Waals surface area contributed by atoms with E-state index in [0.717, 1.165) is 18.9 Å². The Morgan fingerprint density at radius 2 is 2.11 bits per heavy atom. The molecule has 2 N–H and O–H groups in total. The van der Waals surface area contributed by atoms with Crippen LogP contribution < -0.4 is 15.6 Å². The number of piperazine rings is 1. The maximum Gasteiger partial charge on any atom is 0.344 e. The Morgan fingerprint density at radius 1 is 1.36 bits per heavy atom. The van der Waals surface area contributed by atoms with E-state index in [2.05, 4.69) is 10.3 Å². The lowest BCUT2D eigenvalue weighted by atomic mass is 10.0. The summed E-state index contributed by atoms with van der Waals surface area (Å²) in [6, 6.07) is 1.11. The molecule has 8 heteroatoms. The van der Waals surface area contributed by atoms with E-state index in [-0.39, 0.29) is 34.3 Å². The highest BCUT2D eigenvalue weighted by atomic mass is 19.1. The fourth-order valence-electron chi connectivity index (χ4n) is 3.70. The summed E-state index contributed by atoms with van der Waals surface area (Å²) in [4.78, 5) is 29.8. The third-order valence-electron chi connectivity index (χ3n) is 5.28. The zero-order valence-electron chi connectivity index (χ0n) is 15.9. The van der Waals surface area contributed by atoms with Crippen molar-refractivity contribution in [3.63, 3.8) is 0 Å². The highest BCUT2D eigenvalue weighted by Crippen LogP contribution is 2.31. The number of hydrogen-bond acceptors (Lipinski definition) is 5. The second-order valence-corrected chi connectivity index (χ2v) is 7.51. The number of fused-ring (bicyclic) bond motifs is 1. The molecule has 1 saturated carbocycles. The van der Waals surface area contributed by atoms with Crippen LogP contribution in [0.2, 0.25) is 0 Å². The van der Waals surface area contributed by atoms with Gasteiger partial charge in [-0.3, -0.25) is 4.79 Å². The van der Waals surface area contributed by atoms with Gasteiger partial charge < -0.3 is 19.9 Å². The van der Waals surface area contributed by atoms with Crippen LogP contribution >= 0.6 is 0 Å². The molecule has 1 aliphatic heterocycles. The number of halogens is 2. The molecule has 2 aliphatic rings. The number of aromatic nitrogens is 1. The second kappa shape index (κ2) is 7.16. The van der Waals surface area contributed by atoms with Crippen molar-refractivity contribution in [3.05, 3.63) is 39.2 Å². The molecule has 6 nitrogen and oxygen atoms in total. The Labute approximate surface area is 160 Å². The number of benzene rings is 1. The van der Waals surface area contributed by atoms with E-state index in [9.17, 15) is 14.0 Å². The molecular weight excluding hydrogens is 368 g/mol. The summed E-state index contributed by atoms with van der Waals surface area (Å²) in [5.41, 5.74) is -0.786. The van der Waals surface area contributed by atoms with Gasteiger partial charge in [0.15, 0.2) is 5.82 Å². The first-order valence-electron chi connectivity index (χ1n) is 9.66. The average molecular weight is 391 g/mol. The van der Waals surface area contributed by atoms with Crippen molar-refractivity contribution < 1.29 is 18.3 Å². The minimum Gasteiger partial charge on any atom is -0.459 e. The third-order valence-corrected chi connectivity index (χ3v) is 5.28. The number of anilines is 1. The molecule has 4 rings (SSSR count). The van der Waals surface area contributed by atoms with Crippen molar-refractivity contribution in [2.45, 2.75) is 45.3 Å². The summed E-state index contributed by atoms with van der Waals surface area (Å²) in [7, 11) is 0. The molecule has 0 unspecified atom stereocenters. The molecule has 28 heavy (non-hydrogen) atoms. The quantitative estimate of drug-likeness (QED) is 0.784. The molecule has 0 amide bonds. The molecular formula is C20H23F2N3O3. The van der Waals surface area contributed by atoms with Crippen molar-refractivity contribution in [2.24, 2.45) is 0 Å². The molecule has 1 aliphatic carbocycles. The molecule has 0 radical (unpaired) electrons. The first kappa shape index (κ1) is 18.9. The van der Waals surface area contributed by atoms with E-state index >= 15 is 4.39 Å². The van der Waals surface area contributed by atoms with Gasteiger partial charge >= 0.3 is 5.97 Å². The number of rotatable bonds is 4. The summed E-state index contributed by atoms with van der Waals surface area (Å²) in [6.07, 6.45) is 1.69. The van der Waals surface area contributed by atoms with E-state index < -0.39 is 23.0 Å². The van der Waals surface area contributed by atoms with Gasteiger partial charge in [-0.1, -0.05) is 6.92 Å². The van der Waals surface area contributed by atoms with Crippen LogP contribution in [0.1, 0.15) is 42.7 Å². The number of ether oxygens (including phenoxy) is 1. The SMILES string of the molecule is CCc1[nH]c2c(F)c(N3CCN[C@H](C)C3)c(F)cc2c(=O)c1C(=O)OC1CC1. The van der Waals surface area contributed by atoms with E-state index in [1.165, 1.54) is 0 Å². The van der Waals surface area contributed by atoms with Crippen LogP contribution in [0.4, 0.5) is 14.5 Å². The molecule has 1 aromatic carbocycles. The zero-order chi connectivity index (χ0) is 20.0. The van der Waals surface area contributed by atoms with Crippen LogP contribution in [0.15, 0.2) is 10.9 Å². The number of hydrogen-bond donors (Lipinski definition) is 2. The number of aryl methyl sites for hydroxylation is 1. The van der Waals surface area contributed by atoms with E-state index in [0.29, 0.717) is 31.7 Å². The fraction of sp³-hybridized carbons (Fsp3) is 0.500. The van der Waals surface area contributed by atoms with E-state index in [1.54, 1.807) is 11.8 Å². The van der Waals surface area contributed by atoms with Crippen molar-refractivity contribution in [2.75, 3.05) is 24.5 Å². The number of carbonyl (C=O) groups excluding carboxylic acids is 1. The molecule has 0 bridgehead atoms. The number of nitrogens with zero attached hydrogens (tertiary/aromatic N) is 1. The van der Waals surface area contributed by atoms with Gasteiger partial charge in [-0.25, -0.2) is 13.6 Å². The molecule has 2 fully saturated rings. The predicted octanol–water partition coefficient (Wildman–Crippen LogP) is 2.49. The Hall–Kier alpha value is -2.48. The highest BCUT2D eigenvalue weighted by molar-refractivity contribution is 5.96. The monoisotopic (exact) mass is 391 g/mol. The normalized spacial score (nSPS) is 19.9. The summed E-state index contributed by atoms with van der Waals surface area (Å²) in [5.74, 6) is -2.35. The minimum absolute atomic E-state index is 0.0765. The van der Waals surface area contributed by atoms with Gasteiger partial charge in [0.1, 0.15) is 23.2 Å². The largest absolute Gasteiger partial charge is 0.459 e. The summed E-state index contributed by atoms with van der Waals surface area (Å²) >= 11 is 0. The number of nitrogens with one attached hydrogen (secondary N) is 2. The van der Waals surface area contributed by atoms with E-state index in [4.69, 9.17) is 4.74 Å². The van der Waals surface area contributed by atoms with Crippen LogP contribution in [0.3, 0.4) is 0 Å². The predicted molar refractivity (Wildman–Crippen MR) is 102 cm³/mol. The maximum atomic E-state index is 15.3. The van der Waals surface area contributed by atoms with Crippen LogP contribution in [0.25, 0.3) is 10.9 Å². The first-order valence-corrected chi connectivity index (χ1v) is 9.66. The topological polar surface area (TPSA) is 74.4 Å². The van der Waals surface area contributed by atoms with Gasteiger partial charge in [-0.15, -0.1) is 0 Å². The summed E-state index contributed by atoms with van der Waals surface area (Å²) in [6.45, 7) is 5.22. The van der Waals surface area contributed by atoms with Crippen molar-refractivity contribution >= 4 is 22.6 Å². The molecule has 1 atom stereocenters. The number of H-pyrrole nitrogens is 1. The van der Waals surface area contributed by atoms with Gasteiger partial charge in [-0.2, -0.15) is 0 Å². The van der Waals surface area contributed by atoms with E-state index in [1.807, 2.05) is 6.92 Å².